The summed E-state index contributed by atoms with van der Waals surface area (Å²) < 4.78 is 18.0. The fourth-order valence-corrected chi connectivity index (χ4v) is 3.70. The lowest BCUT2D eigenvalue weighted by Crippen LogP contribution is -2.35. The molecule has 3 aromatic rings. The second-order valence-corrected chi connectivity index (χ2v) is 7.24. The lowest BCUT2D eigenvalue weighted by Gasteiger charge is -2.34. The maximum absolute atomic E-state index is 5.73. The molecule has 6 heteroatoms. The van der Waals surface area contributed by atoms with Crippen LogP contribution in [0.2, 0.25) is 0 Å². The monoisotopic (exact) mass is 414 g/mol. The average molecular weight is 415 g/mol. The summed E-state index contributed by atoms with van der Waals surface area (Å²) in [6.45, 7) is 1.62. The Morgan fingerprint density at radius 2 is 1.85 bits per heavy atom. The standard InChI is InChI=1S/C20H19BrN2O3/c21-16-6-4-5-15(13-16)20(9-11-24-12-10-20)19-22-18(23-26-19)14-25-17-7-2-1-3-8-17/h1-8,13H,9-12,14H2. The fraction of sp³-hybridized carbons (Fsp3) is 0.300. The van der Waals surface area contributed by atoms with Crippen LogP contribution < -0.4 is 4.74 Å². The third kappa shape index (κ3) is 3.52. The molecule has 134 valence electrons. The van der Waals surface area contributed by atoms with E-state index in [-0.39, 0.29) is 12.0 Å². The Hall–Kier alpha value is -2.18. The van der Waals surface area contributed by atoms with E-state index in [4.69, 9.17) is 14.0 Å². The van der Waals surface area contributed by atoms with E-state index in [1.54, 1.807) is 0 Å². The van der Waals surface area contributed by atoms with Crippen LogP contribution in [0, 0.1) is 0 Å². The lowest BCUT2D eigenvalue weighted by atomic mass is 9.74. The van der Waals surface area contributed by atoms with Crippen molar-refractivity contribution in [1.82, 2.24) is 10.1 Å². The second-order valence-electron chi connectivity index (χ2n) is 6.32. The predicted molar refractivity (Wildman–Crippen MR) is 100 cm³/mol. The highest BCUT2D eigenvalue weighted by Crippen LogP contribution is 2.41. The first-order valence-corrected chi connectivity index (χ1v) is 9.40. The summed E-state index contributed by atoms with van der Waals surface area (Å²) in [5.41, 5.74) is 0.842. The molecule has 1 fully saturated rings. The van der Waals surface area contributed by atoms with Gasteiger partial charge in [0.05, 0.1) is 5.41 Å². The van der Waals surface area contributed by atoms with E-state index in [1.807, 2.05) is 42.5 Å². The molecule has 0 N–H and O–H groups in total. The van der Waals surface area contributed by atoms with Gasteiger partial charge in [0.25, 0.3) is 0 Å². The summed E-state index contributed by atoms with van der Waals surface area (Å²) in [5.74, 6) is 1.96. The van der Waals surface area contributed by atoms with Gasteiger partial charge in [0, 0.05) is 17.7 Å². The number of hydrogen-bond donors (Lipinski definition) is 0. The van der Waals surface area contributed by atoms with Gasteiger partial charge in [-0.3, -0.25) is 0 Å². The van der Waals surface area contributed by atoms with Crippen LogP contribution in [0.5, 0.6) is 5.75 Å². The zero-order chi connectivity index (χ0) is 17.8. The maximum atomic E-state index is 5.73. The number of rotatable bonds is 5. The minimum absolute atomic E-state index is 0.276. The number of aromatic nitrogens is 2. The molecule has 0 bridgehead atoms. The Bertz CT molecular complexity index is 860. The van der Waals surface area contributed by atoms with Crippen molar-refractivity contribution in [2.75, 3.05) is 13.2 Å². The van der Waals surface area contributed by atoms with Crippen molar-refractivity contribution in [1.29, 1.82) is 0 Å². The summed E-state index contributed by atoms with van der Waals surface area (Å²) in [6, 6.07) is 17.9. The molecule has 5 nitrogen and oxygen atoms in total. The van der Waals surface area contributed by atoms with E-state index in [9.17, 15) is 0 Å². The minimum Gasteiger partial charge on any atom is -0.485 e. The Labute approximate surface area is 160 Å². The average Bonchev–Trinajstić information content (AvgIpc) is 3.17. The van der Waals surface area contributed by atoms with Gasteiger partial charge in [-0.05, 0) is 42.7 Å². The molecule has 0 amide bonds. The minimum atomic E-state index is -0.319. The summed E-state index contributed by atoms with van der Waals surface area (Å²) in [6.07, 6.45) is 1.62. The van der Waals surface area contributed by atoms with Crippen LogP contribution in [-0.2, 0) is 16.8 Å². The molecule has 1 aliphatic heterocycles. The van der Waals surface area contributed by atoms with E-state index >= 15 is 0 Å². The van der Waals surface area contributed by atoms with Crippen LogP contribution in [0.3, 0.4) is 0 Å². The summed E-state index contributed by atoms with van der Waals surface area (Å²) in [7, 11) is 0. The SMILES string of the molecule is Brc1cccc(C2(c3nc(COc4ccccc4)no3)CCOCC2)c1. The van der Waals surface area contributed by atoms with Crippen molar-refractivity contribution in [3.63, 3.8) is 0 Å². The molecule has 0 saturated carbocycles. The van der Waals surface area contributed by atoms with Crippen molar-refractivity contribution >= 4 is 15.9 Å². The first-order chi connectivity index (χ1) is 12.8. The quantitative estimate of drug-likeness (QED) is 0.614. The molecular weight excluding hydrogens is 396 g/mol. The van der Waals surface area contributed by atoms with Gasteiger partial charge in [-0.1, -0.05) is 51.4 Å². The third-order valence-electron chi connectivity index (χ3n) is 4.71. The summed E-state index contributed by atoms with van der Waals surface area (Å²) >= 11 is 3.56. The van der Waals surface area contributed by atoms with Crippen molar-refractivity contribution < 1.29 is 14.0 Å². The Morgan fingerprint density at radius 1 is 1.04 bits per heavy atom. The number of hydrogen-bond acceptors (Lipinski definition) is 5. The van der Waals surface area contributed by atoms with Crippen LogP contribution in [0.15, 0.2) is 63.6 Å². The van der Waals surface area contributed by atoms with Crippen LogP contribution >= 0.6 is 15.9 Å². The Morgan fingerprint density at radius 3 is 2.62 bits per heavy atom. The van der Waals surface area contributed by atoms with Crippen molar-refractivity contribution in [3.05, 3.63) is 76.3 Å². The first-order valence-electron chi connectivity index (χ1n) is 8.61. The van der Waals surface area contributed by atoms with Crippen LogP contribution in [0.25, 0.3) is 0 Å². The molecule has 26 heavy (non-hydrogen) atoms. The van der Waals surface area contributed by atoms with Crippen molar-refractivity contribution in [2.45, 2.75) is 24.9 Å². The van der Waals surface area contributed by atoms with E-state index in [0.29, 0.717) is 24.9 Å². The molecule has 0 spiro atoms. The number of benzene rings is 2. The highest BCUT2D eigenvalue weighted by Gasteiger charge is 2.41. The number of halogens is 1. The highest BCUT2D eigenvalue weighted by atomic mass is 79.9. The second kappa shape index (κ2) is 7.60. The molecule has 2 aromatic carbocycles. The molecule has 2 heterocycles. The first kappa shape index (κ1) is 17.2. The molecule has 1 saturated heterocycles. The smallest absolute Gasteiger partial charge is 0.237 e. The molecule has 0 radical (unpaired) electrons. The largest absolute Gasteiger partial charge is 0.485 e. The highest BCUT2D eigenvalue weighted by molar-refractivity contribution is 9.10. The van der Waals surface area contributed by atoms with Crippen LogP contribution in [0.4, 0.5) is 0 Å². The fourth-order valence-electron chi connectivity index (χ4n) is 3.30. The molecule has 0 unspecified atom stereocenters. The summed E-state index contributed by atoms with van der Waals surface area (Å²) in [4.78, 5) is 4.65. The zero-order valence-corrected chi connectivity index (χ0v) is 15.8. The van der Waals surface area contributed by atoms with E-state index in [0.717, 1.165) is 28.6 Å². The molecule has 1 aromatic heterocycles. The van der Waals surface area contributed by atoms with E-state index < -0.39 is 0 Å². The van der Waals surface area contributed by atoms with Gasteiger partial charge in [-0.25, -0.2) is 0 Å². The van der Waals surface area contributed by atoms with Crippen molar-refractivity contribution in [2.24, 2.45) is 0 Å². The maximum Gasteiger partial charge on any atom is 0.237 e. The van der Waals surface area contributed by atoms with Gasteiger partial charge in [0.1, 0.15) is 5.75 Å². The third-order valence-corrected chi connectivity index (χ3v) is 5.21. The number of para-hydroxylation sites is 1. The van der Waals surface area contributed by atoms with Gasteiger partial charge in [0.2, 0.25) is 11.7 Å². The zero-order valence-electron chi connectivity index (χ0n) is 14.2. The topological polar surface area (TPSA) is 57.4 Å². The van der Waals surface area contributed by atoms with Gasteiger partial charge < -0.3 is 14.0 Å². The van der Waals surface area contributed by atoms with Gasteiger partial charge in [-0.2, -0.15) is 4.98 Å². The number of nitrogens with zero attached hydrogens (tertiary/aromatic N) is 2. The molecule has 0 atom stereocenters. The van der Waals surface area contributed by atoms with Gasteiger partial charge in [0.15, 0.2) is 6.61 Å². The lowest BCUT2D eigenvalue weighted by molar-refractivity contribution is 0.0523. The van der Waals surface area contributed by atoms with Crippen LogP contribution in [0.1, 0.15) is 30.1 Å². The molecular formula is C20H19BrN2O3. The number of ether oxygens (including phenoxy) is 2. The Balaban J connectivity index is 1.60. The molecule has 4 rings (SSSR count). The molecule has 1 aliphatic rings. The van der Waals surface area contributed by atoms with Crippen molar-refractivity contribution in [3.8, 4) is 5.75 Å². The molecule has 0 aliphatic carbocycles. The van der Waals surface area contributed by atoms with E-state index in [1.165, 1.54) is 0 Å². The van der Waals surface area contributed by atoms with Gasteiger partial charge >= 0.3 is 0 Å². The normalized spacial score (nSPS) is 16.3. The predicted octanol–water partition coefficient (Wildman–Crippen LogP) is 4.51. The Kier molecular flexibility index (Phi) is 5.04. The van der Waals surface area contributed by atoms with Gasteiger partial charge in [-0.15, -0.1) is 0 Å². The van der Waals surface area contributed by atoms with Crippen LogP contribution in [-0.4, -0.2) is 23.4 Å². The van der Waals surface area contributed by atoms with E-state index in [2.05, 4.69) is 38.2 Å². The summed E-state index contributed by atoms with van der Waals surface area (Å²) in [5, 5.41) is 4.14.